The summed E-state index contributed by atoms with van der Waals surface area (Å²) < 4.78 is 0.982. The topological polar surface area (TPSA) is 52.6 Å². The van der Waals surface area contributed by atoms with E-state index in [1.807, 2.05) is 32.0 Å². The summed E-state index contributed by atoms with van der Waals surface area (Å²) >= 11 is 3.37. The highest BCUT2D eigenvalue weighted by molar-refractivity contribution is 9.10. The van der Waals surface area contributed by atoms with Gasteiger partial charge in [-0.2, -0.15) is 0 Å². The summed E-state index contributed by atoms with van der Waals surface area (Å²) in [4.78, 5) is 13.4. The number of aryl methyl sites for hydroxylation is 1. The molecule has 0 bridgehead atoms. The Balaban J connectivity index is 2.73. The van der Waals surface area contributed by atoms with Crippen LogP contribution < -0.4 is 5.32 Å². The molecule has 0 aliphatic heterocycles. The Kier molecular flexibility index (Phi) is 5.44. The molecule has 4 nitrogen and oxygen atoms in total. The minimum absolute atomic E-state index is 0.0272. The first-order valence-electron chi connectivity index (χ1n) is 5.51. The number of aliphatic hydroxyl groups is 1. The predicted octanol–water partition coefficient (Wildman–Crippen LogP) is 2.60. The second kappa shape index (κ2) is 6.61. The Labute approximate surface area is 110 Å². The Morgan fingerprint density at radius 3 is 2.76 bits per heavy atom. The monoisotopic (exact) mass is 300 g/mol. The van der Waals surface area contributed by atoms with E-state index in [4.69, 9.17) is 5.11 Å². The molecule has 0 aliphatic carbocycles. The number of likely N-dealkylation sites (N-methyl/N-ethyl adjacent to an activating group) is 1. The molecule has 17 heavy (non-hydrogen) atoms. The van der Waals surface area contributed by atoms with Gasteiger partial charge in [0, 0.05) is 23.2 Å². The lowest BCUT2D eigenvalue weighted by atomic mass is 10.2. The van der Waals surface area contributed by atoms with Crippen molar-refractivity contribution in [2.45, 2.75) is 13.8 Å². The van der Waals surface area contributed by atoms with E-state index in [2.05, 4.69) is 21.2 Å². The van der Waals surface area contributed by atoms with Crippen LogP contribution in [0.1, 0.15) is 12.5 Å². The average Bonchev–Trinajstić information content (AvgIpc) is 2.29. The summed E-state index contributed by atoms with van der Waals surface area (Å²) in [5, 5.41) is 11.7. The normalized spacial score (nSPS) is 10.1. The highest BCUT2D eigenvalue weighted by atomic mass is 79.9. The van der Waals surface area contributed by atoms with Crippen molar-refractivity contribution in [3.63, 3.8) is 0 Å². The van der Waals surface area contributed by atoms with E-state index in [1.165, 1.54) is 0 Å². The highest BCUT2D eigenvalue weighted by Gasteiger charge is 2.11. The van der Waals surface area contributed by atoms with E-state index in [9.17, 15) is 4.79 Å². The number of hydrogen-bond acceptors (Lipinski definition) is 2. The van der Waals surface area contributed by atoms with E-state index in [0.29, 0.717) is 13.1 Å². The molecule has 0 aromatic heterocycles. The molecule has 0 atom stereocenters. The van der Waals surface area contributed by atoms with Gasteiger partial charge in [0.15, 0.2) is 0 Å². The van der Waals surface area contributed by atoms with Gasteiger partial charge in [-0.25, -0.2) is 4.79 Å². The van der Waals surface area contributed by atoms with Crippen LogP contribution in [0.3, 0.4) is 0 Å². The standard InChI is InChI=1S/C12H17BrN2O2/c1-3-15(6-7-16)12(17)14-11-5-4-10(13)8-9(11)2/h4-5,8,16H,3,6-7H2,1-2H3,(H,14,17). The van der Waals surface area contributed by atoms with E-state index < -0.39 is 0 Å². The zero-order chi connectivity index (χ0) is 12.8. The first-order valence-corrected chi connectivity index (χ1v) is 6.30. The van der Waals surface area contributed by atoms with Gasteiger partial charge < -0.3 is 15.3 Å². The van der Waals surface area contributed by atoms with Gasteiger partial charge in [0.1, 0.15) is 0 Å². The number of halogens is 1. The zero-order valence-corrected chi connectivity index (χ0v) is 11.6. The van der Waals surface area contributed by atoms with Crippen LogP contribution in [-0.4, -0.2) is 35.7 Å². The molecule has 0 heterocycles. The van der Waals surface area contributed by atoms with Gasteiger partial charge in [-0.15, -0.1) is 0 Å². The number of benzene rings is 1. The van der Waals surface area contributed by atoms with Crippen molar-refractivity contribution in [2.75, 3.05) is 25.0 Å². The van der Waals surface area contributed by atoms with Crippen molar-refractivity contribution < 1.29 is 9.90 Å². The molecule has 1 aromatic rings. The molecule has 0 saturated heterocycles. The minimum Gasteiger partial charge on any atom is -0.395 e. The van der Waals surface area contributed by atoms with Crippen LogP contribution in [-0.2, 0) is 0 Å². The second-order valence-electron chi connectivity index (χ2n) is 3.69. The third-order valence-corrected chi connectivity index (χ3v) is 2.96. The Morgan fingerprint density at radius 2 is 2.24 bits per heavy atom. The summed E-state index contributed by atoms with van der Waals surface area (Å²) in [6.07, 6.45) is 0. The third-order valence-electron chi connectivity index (χ3n) is 2.47. The minimum atomic E-state index is -0.188. The van der Waals surface area contributed by atoms with Crippen LogP contribution in [0.2, 0.25) is 0 Å². The molecule has 94 valence electrons. The van der Waals surface area contributed by atoms with Gasteiger partial charge in [0.2, 0.25) is 0 Å². The lowest BCUT2D eigenvalue weighted by molar-refractivity contribution is 0.192. The molecule has 2 N–H and O–H groups in total. The largest absolute Gasteiger partial charge is 0.395 e. The second-order valence-corrected chi connectivity index (χ2v) is 4.61. The van der Waals surface area contributed by atoms with Crippen LogP contribution in [0.5, 0.6) is 0 Å². The van der Waals surface area contributed by atoms with Crippen LogP contribution in [0.15, 0.2) is 22.7 Å². The van der Waals surface area contributed by atoms with Gasteiger partial charge in [-0.3, -0.25) is 0 Å². The quantitative estimate of drug-likeness (QED) is 0.898. The third kappa shape index (κ3) is 4.02. The number of carbonyl (C=O) groups excluding carboxylic acids is 1. The molecular formula is C12H17BrN2O2. The van der Waals surface area contributed by atoms with Crippen molar-refractivity contribution in [3.8, 4) is 0 Å². The van der Waals surface area contributed by atoms with E-state index in [-0.39, 0.29) is 12.6 Å². The van der Waals surface area contributed by atoms with Crippen molar-refractivity contribution in [3.05, 3.63) is 28.2 Å². The van der Waals surface area contributed by atoms with Gasteiger partial charge >= 0.3 is 6.03 Å². The number of nitrogens with zero attached hydrogens (tertiary/aromatic N) is 1. The number of nitrogens with one attached hydrogen (secondary N) is 1. The summed E-state index contributed by atoms with van der Waals surface area (Å²) in [5.41, 5.74) is 1.78. The van der Waals surface area contributed by atoms with Crippen molar-refractivity contribution >= 4 is 27.6 Å². The molecule has 0 radical (unpaired) electrons. The van der Waals surface area contributed by atoms with E-state index >= 15 is 0 Å². The summed E-state index contributed by atoms with van der Waals surface area (Å²) in [6, 6.07) is 5.49. The molecule has 0 spiro atoms. The van der Waals surface area contributed by atoms with Gasteiger partial charge in [0.25, 0.3) is 0 Å². The first-order chi connectivity index (χ1) is 8.08. The lowest BCUT2D eigenvalue weighted by Crippen LogP contribution is -2.36. The summed E-state index contributed by atoms with van der Waals surface area (Å²) in [6.45, 7) is 4.70. The number of hydrogen-bond donors (Lipinski definition) is 2. The van der Waals surface area contributed by atoms with Gasteiger partial charge in [-0.1, -0.05) is 15.9 Å². The predicted molar refractivity (Wildman–Crippen MR) is 72.2 cm³/mol. The molecule has 0 unspecified atom stereocenters. The van der Waals surface area contributed by atoms with Gasteiger partial charge in [0.05, 0.1) is 6.61 Å². The van der Waals surface area contributed by atoms with Crippen molar-refractivity contribution in [2.24, 2.45) is 0 Å². The van der Waals surface area contributed by atoms with E-state index in [0.717, 1.165) is 15.7 Å². The Morgan fingerprint density at radius 1 is 1.53 bits per heavy atom. The molecular weight excluding hydrogens is 284 g/mol. The Bertz CT molecular complexity index is 396. The molecule has 1 aromatic carbocycles. The van der Waals surface area contributed by atoms with Gasteiger partial charge in [-0.05, 0) is 37.6 Å². The highest BCUT2D eigenvalue weighted by Crippen LogP contribution is 2.20. The summed E-state index contributed by atoms with van der Waals surface area (Å²) in [5.74, 6) is 0. The first kappa shape index (κ1) is 14.0. The zero-order valence-electron chi connectivity index (χ0n) is 10.0. The van der Waals surface area contributed by atoms with Crippen LogP contribution in [0.25, 0.3) is 0 Å². The van der Waals surface area contributed by atoms with Crippen LogP contribution in [0.4, 0.5) is 10.5 Å². The Hall–Kier alpha value is -1.07. The maximum atomic E-state index is 11.9. The molecule has 5 heteroatoms. The number of rotatable bonds is 4. The summed E-state index contributed by atoms with van der Waals surface area (Å²) in [7, 11) is 0. The molecule has 0 fully saturated rings. The van der Waals surface area contributed by atoms with Crippen LogP contribution >= 0.6 is 15.9 Å². The smallest absolute Gasteiger partial charge is 0.321 e. The average molecular weight is 301 g/mol. The van der Waals surface area contributed by atoms with E-state index in [1.54, 1.807) is 4.90 Å². The number of anilines is 1. The lowest BCUT2D eigenvalue weighted by Gasteiger charge is -2.20. The number of aliphatic hydroxyl groups excluding tert-OH is 1. The van der Waals surface area contributed by atoms with Crippen LogP contribution in [0, 0.1) is 6.92 Å². The number of urea groups is 1. The molecule has 2 amide bonds. The molecule has 0 aliphatic rings. The molecule has 0 saturated carbocycles. The van der Waals surface area contributed by atoms with Crippen molar-refractivity contribution in [1.29, 1.82) is 0 Å². The SMILES string of the molecule is CCN(CCO)C(=O)Nc1ccc(Br)cc1C. The maximum Gasteiger partial charge on any atom is 0.321 e. The number of carbonyl (C=O) groups is 1. The maximum absolute atomic E-state index is 11.9. The number of amides is 2. The fourth-order valence-corrected chi connectivity index (χ4v) is 1.96. The fraction of sp³-hybridized carbons (Fsp3) is 0.417. The molecule has 1 rings (SSSR count). The fourth-order valence-electron chi connectivity index (χ4n) is 1.49. The van der Waals surface area contributed by atoms with Crippen molar-refractivity contribution in [1.82, 2.24) is 4.90 Å².